The number of aliphatic imine (C=N–C) groups is 1. The highest BCUT2D eigenvalue weighted by molar-refractivity contribution is 6.01. The number of aliphatic hydroxyl groups excluding tert-OH is 1. The third-order valence-electron chi connectivity index (χ3n) is 7.39. The fourth-order valence-corrected chi connectivity index (χ4v) is 5.12. The lowest BCUT2D eigenvalue weighted by Gasteiger charge is -2.32. The van der Waals surface area contributed by atoms with Crippen molar-refractivity contribution >= 4 is 17.5 Å². The van der Waals surface area contributed by atoms with Gasteiger partial charge in [-0.25, -0.2) is 10.4 Å². The van der Waals surface area contributed by atoms with Crippen molar-refractivity contribution in [2.45, 2.75) is 37.5 Å². The largest absolute Gasteiger partial charge is 0.494 e. The summed E-state index contributed by atoms with van der Waals surface area (Å²) >= 11 is 0. The van der Waals surface area contributed by atoms with Crippen molar-refractivity contribution in [1.29, 1.82) is 0 Å². The summed E-state index contributed by atoms with van der Waals surface area (Å²) in [4.78, 5) is 27.4. The molecule has 0 unspecified atom stereocenters. The van der Waals surface area contributed by atoms with Crippen LogP contribution in [0.15, 0.2) is 88.0 Å². The maximum Gasteiger partial charge on any atom is 0.266 e. The zero-order valence-corrected chi connectivity index (χ0v) is 25.9. The molecule has 0 aromatic heterocycles. The molecule has 3 aromatic carbocycles. The molecule has 1 amide bonds. The van der Waals surface area contributed by atoms with Crippen LogP contribution in [-0.4, -0.2) is 67.7 Å². The highest BCUT2D eigenvalue weighted by atomic mass is 16.5. The van der Waals surface area contributed by atoms with Crippen molar-refractivity contribution in [2.75, 3.05) is 40.4 Å². The number of nitrogens with zero attached hydrogens (tertiary/aromatic N) is 8. The van der Waals surface area contributed by atoms with E-state index < -0.39 is 17.6 Å². The molecule has 4 rings (SSSR count). The topological polar surface area (TPSA) is 193 Å². The van der Waals surface area contributed by atoms with Crippen molar-refractivity contribution in [2.24, 2.45) is 15.2 Å². The lowest BCUT2D eigenvalue weighted by atomic mass is 9.80. The first-order valence-corrected chi connectivity index (χ1v) is 14.9. The molecule has 0 radical (unpaired) electrons. The molecule has 14 nitrogen and oxygen atoms in total. The fraction of sp³-hybridized carbons (Fsp3) is 0.375. The van der Waals surface area contributed by atoms with Crippen molar-refractivity contribution in [3.05, 3.63) is 116 Å². The van der Waals surface area contributed by atoms with Crippen LogP contribution in [0.2, 0.25) is 0 Å². The van der Waals surface area contributed by atoms with Gasteiger partial charge in [-0.3, -0.25) is 10.2 Å². The average Bonchev–Trinajstić information content (AvgIpc) is 3.45. The van der Waals surface area contributed by atoms with Crippen molar-refractivity contribution < 1.29 is 19.4 Å². The second kappa shape index (κ2) is 16.8. The van der Waals surface area contributed by atoms with Gasteiger partial charge in [-0.2, -0.15) is 0 Å². The molecule has 3 aromatic rings. The van der Waals surface area contributed by atoms with Gasteiger partial charge in [-0.05, 0) is 73.5 Å². The van der Waals surface area contributed by atoms with E-state index in [4.69, 9.17) is 25.1 Å². The number of hydrazine groups is 1. The minimum absolute atomic E-state index is 0.0298. The fourth-order valence-electron chi connectivity index (χ4n) is 5.12. The van der Waals surface area contributed by atoms with Gasteiger partial charge >= 0.3 is 0 Å². The first-order chi connectivity index (χ1) is 22.4. The summed E-state index contributed by atoms with van der Waals surface area (Å²) in [5.74, 6) is 0.382. The SMILES string of the molecule is CN(C)CCCNNC(=O)[C@@]1(Cc2ccccc2CN=[N+]=[N-])N=C(c2ccc(OCCCO)cc2)O[C@H]1c1ccccc1N=[N+]=[N-]. The minimum atomic E-state index is -1.58. The number of aliphatic hydroxyl groups is 1. The molecule has 0 bridgehead atoms. The lowest BCUT2D eigenvalue weighted by Crippen LogP contribution is -2.54. The minimum Gasteiger partial charge on any atom is -0.494 e. The van der Waals surface area contributed by atoms with Crippen LogP contribution in [0.25, 0.3) is 20.9 Å². The van der Waals surface area contributed by atoms with Crippen LogP contribution in [0.1, 0.15) is 41.2 Å². The van der Waals surface area contributed by atoms with Gasteiger partial charge in [0.1, 0.15) is 5.75 Å². The van der Waals surface area contributed by atoms with E-state index in [0.29, 0.717) is 42.1 Å². The van der Waals surface area contributed by atoms with Gasteiger partial charge in [-0.15, -0.1) is 0 Å². The number of amides is 1. The quantitative estimate of drug-likeness (QED) is 0.0600. The zero-order valence-electron chi connectivity index (χ0n) is 25.9. The summed E-state index contributed by atoms with van der Waals surface area (Å²) in [6, 6.07) is 21.4. The Morgan fingerprint density at radius 3 is 2.50 bits per heavy atom. The Hall–Kier alpha value is -5.10. The first kappa shape index (κ1) is 33.8. The van der Waals surface area contributed by atoms with E-state index in [2.05, 4.69) is 35.8 Å². The van der Waals surface area contributed by atoms with E-state index in [1.165, 1.54) is 0 Å². The number of hydrogen-bond acceptors (Lipinski definition) is 9. The number of hydrogen-bond donors (Lipinski definition) is 3. The third kappa shape index (κ3) is 8.54. The van der Waals surface area contributed by atoms with Crippen molar-refractivity contribution in [3.8, 4) is 5.75 Å². The molecule has 0 fully saturated rings. The Morgan fingerprint density at radius 1 is 1.04 bits per heavy atom. The zero-order chi connectivity index (χ0) is 32.8. The predicted molar refractivity (Wildman–Crippen MR) is 174 cm³/mol. The number of azide groups is 2. The molecular weight excluding hydrogens is 588 g/mol. The number of carbonyl (C=O) groups is 1. The van der Waals surface area contributed by atoms with Crippen LogP contribution < -0.4 is 15.6 Å². The van der Waals surface area contributed by atoms with Gasteiger partial charge in [0.05, 0.1) is 13.2 Å². The van der Waals surface area contributed by atoms with E-state index in [9.17, 15) is 10.3 Å². The molecule has 3 N–H and O–H groups in total. The lowest BCUT2D eigenvalue weighted by molar-refractivity contribution is -0.130. The molecule has 2 atom stereocenters. The number of rotatable bonds is 17. The van der Waals surface area contributed by atoms with Crippen molar-refractivity contribution in [1.82, 2.24) is 15.8 Å². The smallest absolute Gasteiger partial charge is 0.266 e. The van der Waals surface area contributed by atoms with Crippen LogP contribution in [0, 0.1) is 0 Å². The first-order valence-electron chi connectivity index (χ1n) is 14.9. The molecule has 46 heavy (non-hydrogen) atoms. The van der Waals surface area contributed by atoms with Gasteiger partial charge in [0.2, 0.25) is 5.90 Å². The Labute approximate surface area is 267 Å². The summed E-state index contributed by atoms with van der Waals surface area (Å²) in [6.45, 7) is 1.83. The molecule has 14 heteroatoms. The average molecular weight is 627 g/mol. The summed E-state index contributed by atoms with van der Waals surface area (Å²) in [7, 11) is 3.96. The standard InChI is InChI=1S/C32H38N10O4/c1-42(2)18-7-17-35-39-31(44)32(21-24-9-3-4-10-25(24)22-36-40-33)29(27-11-5-6-12-28(27)38-41-34)46-30(37-32)23-13-15-26(16-14-23)45-20-8-19-43/h3-6,9-16,29,35,43H,7-8,17-22H2,1-2H3,(H,39,44)/t29-,32-/m0/s1. The molecule has 0 aliphatic carbocycles. The molecule has 1 aliphatic rings. The monoisotopic (exact) mass is 626 g/mol. The van der Waals surface area contributed by atoms with E-state index in [1.54, 1.807) is 48.5 Å². The third-order valence-corrected chi connectivity index (χ3v) is 7.39. The molecule has 240 valence electrons. The molecule has 1 heterocycles. The van der Waals surface area contributed by atoms with Gasteiger partial charge in [0.15, 0.2) is 11.6 Å². The van der Waals surface area contributed by atoms with Crippen LogP contribution in [0.3, 0.4) is 0 Å². The van der Waals surface area contributed by atoms with Crippen LogP contribution in [-0.2, 0) is 22.5 Å². The number of nitrogens with one attached hydrogen (secondary N) is 2. The number of benzene rings is 3. The highest BCUT2D eigenvalue weighted by Crippen LogP contribution is 2.45. The van der Waals surface area contributed by atoms with Crippen LogP contribution in [0.4, 0.5) is 5.69 Å². The Kier molecular flexibility index (Phi) is 12.4. The predicted octanol–water partition coefficient (Wildman–Crippen LogP) is 5.27. The highest BCUT2D eigenvalue weighted by Gasteiger charge is 2.54. The van der Waals surface area contributed by atoms with E-state index >= 15 is 0 Å². The van der Waals surface area contributed by atoms with Crippen LogP contribution in [0.5, 0.6) is 5.75 Å². The normalized spacial score (nSPS) is 17.0. The van der Waals surface area contributed by atoms with E-state index in [0.717, 1.165) is 24.1 Å². The van der Waals surface area contributed by atoms with Gasteiger partial charge in [-0.1, -0.05) is 58.8 Å². The Morgan fingerprint density at radius 2 is 1.78 bits per heavy atom. The second-order valence-electron chi connectivity index (χ2n) is 10.9. The van der Waals surface area contributed by atoms with Gasteiger partial charge in [0.25, 0.3) is 5.91 Å². The van der Waals surface area contributed by atoms with E-state index in [-0.39, 0.29) is 25.5 Å². The molecule has 1 aliphatic heterocycles. The summed E-state index contributed by atoms with van der Waals surface area (Å²) in [6.07, 6.45) is 0.374. The Balaban J connectivity index is 1.82. The maximum atomic E-state index is 14.4. The van der Waals surface area contributed by atoms with Crippen molar-refractivity contribution in [3.63, 3.8) is 0 Å². The molecule has 0 spiro atoms. The summed E-state index contributed by atoms with van der Waals surface area (Å²) in [5.41, 5.74) is 25.6. The Bertz CT molecular complexity index is 1600. The second-order valence-corrected chi connectivity index (χ2v) is 10.9. The van der Waals surface area contributed by atoms with Gasteiger partial charge in [0, 0.05) is 52.6 Å². The van der Waals surface area contributed by atoms with Crippen LogP contribution >= 0.6 is 0 Å². The van der Waals surface area contributed by atoms with E-state index in [1.807, 2.05) is 38.4 Å². The summed E-state index contributed by atoms with van der Waals surface area (Å²) < 4.78 is 12.2. The molecule has 0 saturated heterocycles. The number of carbonyl (C=O) groups excluding carboxylic acids is 1. The molecule has 0 saturated carbocycles. The maximum absolute atomic E-state index is 14.4. The summed E-state index contributed by atoms with van der Waals surface area (Å²) in [5, 5.41) is 16.7. The molecular formula is C32H38N10O4. The number of ether oxygens (including phenoxy) is 2. The van der Waals surface area contributed by atoms with Gasteiger partial charge < -0.3 is 19.5 Å².